The number of fused-ring (bicyclic) bond motifs is 1. The smallest absolute Gasteiger partial charge is 0.423 e. The van der Waals surface area contributed by atoms with Crippen LogP contribution in [0, 0.1) is 0 Å². The Hall–Kier alpha value is -2.39. The molecule has 2 aromatic rings. The summed E-state index contributed by atoms with van der Waals surface area (Å²) < 4.78 is 2.68. The molecule has 0 saturated carbocycles. The highest BCUT2D eigenvalue weighted by Gasteiger charge is 2.31. The predicted octanol–water partition coefficient (Wildman–Crippen LogP) is -2.00. The molecule has 0 aliphatic carbocycles. The van der Waals surface area contributed by atoms with Crippen molar-refractivity contribution in [2.75, 3.05) is 0 Å². The summed E-state index contributed by atoms with van der Waals surface area (Å²) in [5.41, 5.74) is 0.851. The Kier molecular flexibility index (Phi) is 3.38. The largest absolute Gasteiger partial charge is 0.488 e. The predicted molar refractivity (Wildman–Crippen MR) is 78.4 cm³/mol. The third-order valence-corrected chi connectivity index (χ3v) is 3.93. The number of piperidine rings is 1. The second-order valence-corrected chi connectivity index (χ2v) is 5.30. The van der Waals surface area contributed by atoms with Gasteiger partial charge in [0, 0.05) is 13.5 Å². The molecule has 3 N–H and O–H groups in total. The van der Waals surface area contributed by atoms with Crippen LogP contribution in [-0.2, 0) is 16.6 Å². The van der Waals surface area contributed by atoms with Gasteiger partial charge in [0.25, 0.3) is 0 Å². The van der Waals surface area contributed by atoms with Crippen LogP contribution >= 0.6 is 0 Å². The van der Waals surface area contributed by atoms with Crippen LogP contribution in [0.4, 0.5) is 0 Å². The number of carbonyl (C=O) groups excluding carboxylic acids is 2. The van der Waals surface area contributed by atoms with Gasteiger partial charge < -0.3 is 10.0 Å². The number of imide groups is 1. The first-order valence-corrected chi connectivity index (χ1v) is 6.81. The monoisotopic (exact) mass is 303 g/mol. The van der Waals surface area contributed by atoms with Gasteiger partial charge in [0.1, 0.15) is 6.04 Å². The highest BCUT2D eigenvalue weighted by molar-refractivity contribution is 6.58. The van der Waals surface area contributed by atoms with E-state index < -0.39 is 24.8 Å². The molecule has 9 heteroatoms. The molecule has 22 heavy (non-hydrogen) atoms. The van der Waals surface area contributed by atoms with Crippen molar-refractivity contribution < 1.29 is 19.6 Å². The zero-order valence-electron chi connectivity index (χ0n) is 11.8. The number of nitrogens with zero attached hydrogens (tertiary/aromatic N) is 2. The summed E-state index contributed by atoms with van der Waals surface area (Å²) in [4.78, 5) is 35.7. The van der Waals surface area contributed by atoms with Crippen molar-refractivity contribution in [3.8, 4) is 0 Å². The molecule has 1 unspecified atom stereocenters. The van der Waals surface area contributed by atoms with Crippen LogP contribution in [0.25, 0.3) is 11.0 Å². The maximum Gasteiger partial charge on any atom is 0.488 e. The van der Waals surface area contributed by atoms with Gasteiger partial charge in [-0.15, -0.1) is 0 Å². The van der Waals surface area contributed by atoms with Crippen LogP contribution in [0.15, 0.2) is 23.0 Å². The summed E-state index contributed by atoms with van der Waals surface area (Å²) in [6.45, 7) is 0. The molecule has 0 radical (unpaired) electrons. The molecule has 8 nitrogen and oxygen atoms in total. The van der Waals surface area contributed by atoms with Gasteiger partial charge >= 0.3 is 12.8 Å². The summed E-state index contributed by atoms with van der Waals surface area (Å²) in [6.07, 6.45) is 0.431. The number of hydrogen-bond acceptors (Lipinski definition) is 5. The summed E-state index contributed by atoms with van der Waals surface area (Å²) in [5, 5.41) is 20.7. The zero-order valence-corrected chi connectivity index (χ0v) is 11.8. The maximum absolute atomic E-state index is 12.4. The molecule has 1 aromatic carbocycles. The van der Waals surface area contributed by atoms with Crippen molar-refractivity contribution in [1.82, 2.24) is 14.5 Å². The third kappa shape index (κ3) is 2.14. The van der Waals surface area contributed by atoms with E-state index in [-0.39, 0.29) is 24.2 Å². The van der Waals surface area contributed by atoms with E-state index in [1.54, 1.807) is 13.1 Å². The van der Waals surface area contributed by atoms with Crippen LogP contribution in [0.5, 0.6) is 0 Å². The molecule has 2 amide bonds. The van der Waals surface area contributed by atoms with Gasteiger partial charge in [-0.2, -0.15) is 0 Å². The number of rotatable bonds is 2. The number of benzene rings is 1. The Morgan fingerprint density at radius 1 is 1.23 bits per heavy atom. The minimum absolute atomic E-state index is 0.173. The minimum atomic E-state index is -1.64. The highest BCUT2D eigenvalue weighted by Crippen LogP contribution is 2.22. The van der Waals surface area contributed by atoms with Crippen LogP contribution in [0.2, 0.25) is 0 Å². The molecule has 1 fully saturated rings. The molecule has 1 saturated heterocycles. The van der Waals surface area contributed by atoms with Crippen molar-refractivity contribution in [3.05, 3.63) is 28.7 Å². The Morgan fingerprint density at radius 2 is 1.95 bits per heavy atom. The third-order valence-electron chi connectivity index (χ3n) is 3.93. The highest BCUT2D eigenvalue weighted by atomic mass is 16.4. The fourth-order valence-corrected chi connectivity index (χ4v) is 2.77. The van der Waals surface area contributed by atoms with Gasteiger partial charge in [-0.05, 0) is 24.0 Å². The first-order valence-electron chi connectivity index (χ1n) is 6.81. The lowest BCUT2D eigenvalue weighted by Crippen LogP contribution is -2.44. The molecule has 3 rings (SSSR count). The summed E-state index contributed by atoms with van der Waals surface area (Å²) in [6, 6.07) is 3.78. The number of amides is 2. The molecular formula is C13H14BN3O5. The number of nitrogens with one attached hydrogen (secondary N) is 1. The van der Waals surface area contributed by atoms with Crippen molar-refractivity contribution >= 4 is 35.4 Å². The summed E-state index contributed by atoms with van der Waals surface area (Å²) >= 11 is 0. The minimum Gasteiger partial charge on any atom is -0.423 e. The zero-order chi connectivity index (χ0) is 16.0. The average molecular weight is 303 g/mol. The molecule has 1 atom stereocenters. The number of aromatic nitrogens is 2. The van der Waals surface area contributed by atoms with Crippen molar-refractivity contribution in [1.29, 1.82) is 0 Å². The molecule has 2 heterocycles. The van der Waals surface area contributed by atoms with E-state index in [4.69, 9.17) is 0 Å². The normalized spacial score (nSPS) is 18.6. The summed E-state index contributed by atoms with van der Waals surface area (Å²) in [7, 11) is -0.0981. The molecule has 0 spiro atoms. The van der Waals surface area contributed by atoms with E-state index >= 15 is 0 Å². The Balaban J connectivity index is 2.18. The molecule has 1 aliphatic heterocycles. The van der Waals surface area contributed by atoms with Crippen molar-refractivity contribution in [2.24, 2.45) is 7.05 Å². The van der Waals surface area contributed by atoms with Crippen LogP contribution in [0.3, 0.4) is 0 Å². The van der Waals surface area contributed by atoms with Crippen LogP contribution < -0.4 is 16.5 Å². The van der Waals surface area contributed by atoms with Crippen molar-refractivity contribution in [2.45, 2.75) is 18.9 Å². The standard InChI is InChI=1S/C13H14BN3O5/c1-16-10-6-7(14(21)22)2-3-8(10)17(13(16)20)9-4-5-11(18)15-12(9)19/h2-3,6,9,21-22H,4-5H2,1H3,(H,15,18,19). The van der Waals surface area contributed by atoms with Gasteiger partial charge in [0.2, 0.25) is 11.8 Å². The average Bonchev–Trinajstić information content (AvgIpc) is 2.71. The van der Waals surface area contributed by atoms with E-state index in [1.807, 2.05) is 0 Å². The number of carbonyl (C=O) groups is 2. The second kappa shape index (κ2) is 5.11. The Morgan fingerprint density at radius 3 is 2.59 bits per heavy atom. The van der Waals surface area contributed by atoms with E-state index in [9.17, 15) is 24.4 Å². The lowest BCUT2D eigenvalue weighted by Gasteiger charge is -2.21. The number of imidazole rings is 1. The van der Waals surface area contributed by atoms with Gasteiger partial charge in [-0.1, -0.05) is 6.07 Å². The molecule has 1 aromatic heterocycles. The van der Waals surface area contributed by atoms with E-state index in [0.29, 0.717) is 11.0 Å². The molecule has 0 bridgehead atoms. The molecular weight excluding hydrogens is 289 g/mol. The topological polar surface area (TPSA) is 114 Å². The molecule has 1 aliphatic rings. The van der Waals surface area contributed by atoms with E-state index in [2.05, 4.69) is 5.32 Å². The van der Waals surface area contributed by atoms with Crippen LogP contribution in [0.1, 0.15) is 18.9 Å². The van der Waals surface area contributed by atoms with Gasteiger partial charge in [-0.25, -0.2) is 4.79 Å². The van der Waals surface area contributed by atoms with E-state index in [1.165, 1.54) is 21.3 Å². The Bertz CT molecular complexity index is 838. The second-order valence-electron chi connectivity index (χ2n) is 5.30. The Labute approximate surface area is 125 Å². The van der Waals surface area contributed by atoms with Gasteiger partial charge in [-0.3, -0.25) is 24.0 Å². The molecule has 114 valence electrons. The maximum atomic E-state index is 12.4. The SMILES string of the molecule is Cn1c(=O)n(C2CCC(=O)NC2=O)c2ccc(B(O)O)cc21. The first kappa shape index (κ1) is 14.5. The number of aryl methyl sites for hydroxylation is 1. The first-order chi connectivity index (χ1) is 10.4. The van der Waals surface area contributed by atoms with Crippen molar-refractivity contribution in [3.63, 3.8) is 0 Å². The quantitative estimate of drug-likeness (QED) is 0.438. The van der Waals surface area contributed by atoms with Gasteiger partial charge in [0.15, 0.2) is 0 Å². The van der Waals surface area contributed by atoms with Gasteiger partial charge in [0.05, 0.1) is 11.0 Å². The van der Waals surface area contributed by atoms with Crippen LogP contribution in [-0.4, -0.2) is 38.1 Å². The number of hydrogen-bond donors (Lipinski definition) is 3. The lowest BCUT2D eigenvalue weighted by molar-refractivity contribution is -0.135. The lowest BCUT2D eigenvalue weighted by atomic mass is 9.80. The fourth-order valence-electron chi connectivity index (χ4n) is 2.77. The van der Waals surface area contributed by atoms with E-state index in [0.717, 1.165) is 0 Å². The summed E-state index contributed by atoms with van der Waals surface area (Å²) in [5.74, 6) is -0.850. The fraction of sp³-hybridized carbons (Fsp3) is 0.308.